The third-order valence-electron chi connectivity index (χ3n) is 5.43. The van der Waals surface area contributed by atoms with Gasteiger partial charge in [0.15, 0.2) is 0 Å². The summed E-state index contributed by atoms with van der Waals surface area (Å²) in [4.78, 5) is 13.6. The summed E-state index contributed by atoms with van der Waals surface area (Å²) >= 11 is 0. The molecule has 0 bridgehead atoms. The number of aliphatic hydroxyl groups excluding tert-OH is 2. The van der Waals surface area contributed by atoms with Crippen molar-refractivity contribution >= 4 is 11.6 Å². The Morgan fingerprint density at radius 3 is 2.68 bits per heavy atom. The van der Waals surface area contributed by atoms with Crippen LogP contribution in [0, 0.1) is 0 Å². The van der Waals surface area contributed by atoms with Crippen LogP contribution >= 0.6 is 0 Å². The monoisotopic (exact) mass is 349 g/mol. The highest BCUT2D eigenvalue weighted by Crippen LogP contribution is 2.28. The van der Waals surface area contributed by atoms with Gasteiger partial charge >= 0.3 is 0 Å². The second-order valence-corrected chi connectivity index (χ2v) is 7.05. The summed E-state index contributed by atoms with van der Waals surface area (Å²) in [5.74, 6) is 1.66. The first-order valence-electron chi connectivity index (χ1n) is 9.60. The maximum absolute atomic E-state index is 9.53. The van der Waals surface area contributed by atoms with Gasteiger partial charge in [0, 0.05) is 50.9 Å². The van der Waals surface area contributed by atoms with Gasteiger partial charge in [-0.25, -0.2) is 9.97 Å². The second kappa shape index (κ2) is 9.31. The van der Waals surface area contributed by atoms with Crippen LogP contribution in [0.15, 0.2) is 12.4 Å². The number of aliphatic hydroxyl groups is 2. The zero-order valence-corrected chi connectivity index (χ0v) is 15.0. The van der Waals surface area contributed by atoms with Gasteiger partial charge in [0.1, 0.15) is 18.0 Å². The highest BCUT2D eigenvalue weighted by atomic mass is 16.3. The van der Waals surface area contributed by atoms with Crippen LogP contribution in [0.25, 0.3) is 0 Å². The lowest BCUT2D eigenvalue weighted by atomic mass is 9.92. The summed E-state index contributed by atoms with van der Waals surface area (Å²) < 4.78 is 0. The van der Waals surface area contributed by atoms with Crippen molar-refractivity contribution in [3.05, 3.63) is 12.4 Å². The molecule has 0 spiro atoms. The van der Waals surface area contributed by atoms with Gasteiger partial charge < -0.3 is 20.4 Å². The molecule has 0 radical (unpaired) electrons. The average Bonchev–Trinajstić information content (AvgIpc) is 2.67. The summed E-state index contributed by atoms with van der Waals surface area (Å²) in [6.07, 6.45) is 9.02. The lowest BCUT2D eigenvalue weighted by Gasteiger charge is -2.46. The number of rotatable bonds is 7. The Kier molecular flexibility index (Phi) is 6.84. The SMILES string of the molecule is OCCNc1cc(N2CCN(C3CCCCC3)[C@@H](CCO)C2)ncn1. The number of piperazine rings is 1. The number of hydrogen-bond acceptors (Lipinski definition) is 7. The van der Waals surface area contributed by atoms with E-state index in [1.165, 1.54) is 32.1 Å². The van der Waals surface area contributed by atoms with Crippen molar-refractivity contribution in [1.29, 1.82) is 0 Å². The molecule has 7 nitrogen and oxygen atoms in total. The first kappa shape index (κ1) is 18.4. The van der Waals surface area contributed by atoms with Crippen LogP contribution in [0.4, 0.5) is 11.6 Å². The lowest BCUT2D eigenvalue weighted by Crippen LogP contribution is -2.57. The van der Waals surface area contributed by atoms with E-state index in [2.05, 4.69) is 25.1 Å². The number of nitrogens with one attached hydrogen (secondary N) is 1. The molecule has 140 valence electrons. The van der Waals surface area contributed by atoms with Gasteiger partial charge in [0.05, 0.1) is 6.61 Å². The number of aromatic nitrogens is 2. The lowest BCUT2D eigenvalue weighted by molar-refractivity contribution is 0.0756. The van der Waals surface area contributed by atoms with Crippen LogP contribution < -0.4 is 10.2 Å². The molecule has 0 unspecified atom stereocenters. The van der Waals surface area contributed by atoms with E-state index in [9.17, 15) is 5.11 Å². The molecule has 1 aliphatic carbocycles. The summed E-state index contributed by atoms with van der Waals surface area (Å²) in [6.45, 7) is 3.67. The van der Waals surface area contributed by atoms with Crippen molar-refractivity contribution in [2.75, 3.05) is 49.6 Å². The smallest absolute Gasteiger partial charge is 0.134 e. The Bertz CT molecular complexity index is 524. The molecule has 1 aromatic heterocycles. The topological polar surface area (TPSA) is 84.8 Å². The fourth-order valence-corrected chi connectivity index (χ4v) is 4.18. The number of nitrogens with zero attached hydrogens (tertiary/aromatic N) is 4. The van der Waals surface area contributed by atoms with Crippen molar-refractivity contribution in [1.82, 2.24) is 14.9 Å². The minimum absolute atomic E-state index is 0.0813. The molecular formula is C18H31N5O2. The molecule has 1 aliphatic heterocycles. The van der Waals surface area contributed by atoms with Crippen molar-refractivity contribution in [3.63, 3.8) is 0 Å². The predicted octanol–water partition coefficient (Wildman–Crippen LogP) is 1.09. The zero-order valence-electron chi connectivity index (χ0n) is 15.0. The Hall–Kier alpha value is -1.44. The minimum atomic E-state index is 0.0813. The quantitative estimate of drug-likeness (QED) is 0.679. The molecule has 7 heteroatoms. The maximum Gasteiger partial charge on any atom is 0.134 e. The van der Waals surface area contributed by atoms with Gasteiger partial charge in [0.2, 0.25) is 0 Å². The largest absolute Gasteiger partial charge is 0.396 e. The van der Waals surface area contributed by atoms with E-state index in [0.717, 1.165) is 37.7 Å². The summed E-state index contributed by atoms with van der Waals surface area (Å²) in [5.41, 5.74) is 0. The Morgan fingerprint density at radius 1 is 1.08 bits per heavy atom. The molecule has 1 atom stereocenters. The predicted molar refractivity (Wildman–Crippen MR) is 98.9 cm³/mol. The van der Waals surface area contributed by atoms with E-state index < -0.39 is 0 Å². The van der Waals surface area contributed by atoms with Gasteiger partial charge in [0.25, 0.3) is 0 Å². The standard InChI is InChI=1S/C18H31N5O2/c24-10-6-16-13-22(8-9-23(16)15-4-2-1-3-5-15)18-12-17(19-7-11-25)20-14-21-18/h12,14-16,24-25H,1-11,13H2,(H,19,20,21)/t16-/m0/s1. The summed E-state index contributed by atoms with van der Waals surface area (Å²) in [7, 11) is 0. The summed E-state index contributed by atoms with van der Waals surface area (Å²) in [6, 6.07) is 3.01. The molecule has 0 amide bonds. The fourth-order valence-electron chi connectivity index (χ4n) is 4.18. The van der Waals surface area contributed by atoms with Crippen molar-refractivity contribution in [2.24, 2.45) is 0 Å². The van der Waals surface area contributed by atoms with Gasteiger partial charge in [-0.05, 0) is 19.3 Å². The molecule has 0 aromatic carbocycles. The normalized spacial score (nSPS) is 23.0. The van der Waals surface area contributed by atoms with Crippen LogP contribution in [0.3, 0.4) is 0 Å². The van der Waals surface area contributed by atoms with Crippen molar-refractivity contribution in [2.45, 2.75) is 50.6 Å². The zero-order chi connectivity index (χ0) is 17.5. The van der Waals surface area contributed by atoms with E-state index in [0.29, 0.717) is 18.6 Å². The second-order valence-electron chi connectivity index (χ2n) is 7.05. The molecule has 2 heterocycles. The molecule has 2 fully saturated rings. The molecule has 3 N–H and O–H groups in total. The first-order chi connectivity index (χ1) is 12.3. The number of anilines is 2. The fraction of sp³-hybridized carbons (Fsp3) is 0.778. The van der Waals surface area contributed by atoms with E-state index in [1.54, 1.807) is 6.33 Å². The van der Waals surface area contributed by atoms with Crippen LogP contribution in [-0.4, -0.2) is 76.6 Å². The maximum atomic E-state index is 9.53. The van der Waals surface area contributed by atoms with Gasteiger partial charge in [-0.2, -0.15) is 0 Å². The van der Waals surface area contributed by atoms with Crippen molar-refractivity contribution in [3.8, 4) is 0 Å². The summed E-state index contributed by atoms with van der Waals surface area (Å²) in [5, 5.41) is 21.6. The molecule has 1 saturated carbocycles. The van der Waals surface area contributed by atoms with Crippen LogP contribution in [0.1, 0.15) is 38.5 Å². The molecule has 1 saturated heterocycles. The van der Waals surface area contributed by atoms with Gasteiger partial charge in [-0.1, -0.05) is 19.3 Å². The Morgan fingerprint density at radius 2 is 1.92 bits per heavy atom. The molecule has 2 aliphatic rings. The van der Waals surface area contributed by atoms with Crippen LogP contribution in [0.5, 0.6) is 0 Å². The third kappa shape index (κ3) is 4.80. The molecule has 3 rings (SSSR count). The van der Waals surface area contributed by atoms with Crippen molar-refractivity contribution < 1.29 is 10.2 Å². The Balaban J connectivity index is 1.66. The van der Waals surface area contributed by atoms with E-state index in [-0.39, 0.29) is 13.2 Å². The van der Waals surface area contributed by atoms with Crippen LogP contribution in [-0.2, 0) is 0 Å². The number of hydrogen-bond donors (Lipinski definition) is 3. The van der Waals surface area contributed by atoms with Gasteiger partial charge in [-0.15, -0.1) is 0 Å². The van der Waals surface area contributed by atoms with Crippen LogP contribution in [0.2, 0.25) is 0 Å². The molecular weight excluding hydrogens is 318 g/mol. The Labute approximate surface area is 150 Å². The minimum Gasteiger partial charge on any atom is -0.396 e. The molecule has 25 heavy (non-hydrogen) atoms. The van der Waals surface area contributed by atoms with E-state index in [4.69, 9.17) is 5.11 Å². The van der Waals surface area contributed by atoms with E-state index in [1.807, 2.05) is 6.07 Å². The van der Waals surface area contributed by atoms with E-state index >= 15 is 0 Å². The third-order valence-corrected chi connectivity index (χ3v) is 5.43. The molecule has 1 aromatic rings. The average molecular weight is 349 g/mol. The first-order valence-corrected chi connectivity index (χ1v) is 9.60. The highest BCUT2D eigenvalue weighted by Gasteiger charge is 2.32. The highest BCUT2D eigenvalue weighted by molar-refractivity contribution is 5.49. The van der Waals surface area contributed by atoms with Gasteiger partial charge in [-0.3, -0.25) is 4.90 Å².